The normalized spacial score (nSPS) is 18.0. The molecule has 1 N–H and O–H groups in total. The lowest BCUT2D eigenvalue weighted by Crippen LogP contribution is -2.15. The van der Waals surface area contributed by atoms with Crippen molar-refractivity contribution in [2.45, 2.75) is 25.4 Å². The van der Waals surface area contributed by atoms with E-state index in [9.17, 15) is 0 Å². The molecule has 5 heteroatoms. The van der Waals surface area contributed by atoms with E-state index in [1.165, 1.54) is 5.39 Å². The predicted molar refractivity (Wildman–Crippen MR) is 92.3 cm³/mol. The number of anilines is 1. The summed E-state index contributed by atoms with van der Waals surface area (Å²) in [5.74, 6) is 0.929. The van der Waals surface area contributed by atoms with Crippen molar-refractivity contribution in [3.8, 4) is 0 Å². The van der Waals surface area contributed by atoms with Crippen LogP contribution in [0.5, 0.6) is 0 Å². The first-order chi connectivity index (χ1) is 10.8. The highest BCUT2D eigenvalue weighted by molar-refractivity contribution is 9.10. The average molecular weight is 365 g/mol. The van der Waals surface area contributed by atoms with E-state index in [0.29, 0.717) is 6.10 Å². The van der Waals surface area contributed by atoms with Gasteiger partial charge in [0.2, 0.25) is 0 Å². The zero-order valence-corrected chi connectivity index (χ0v) is 14.1. The minimum atomic E-state index is 0.310. The number of hydrogen-bond donors (Lipinski definition) is 1. The molecule has 4 nitrogen and oxygen atoms in total. The fourth-order valence-corrected chi connectivity index (χ4v) is 3.18. The number of fused-ring (bicyclic) bond motifs is 1. The quantitative estimate of drug-likeness (QED) is 0.754. The van der Waals surface area contributed by atoms with Crippen LogP contribution in [-0.2, 0) is 9.47 Å². The van der Waals surface area contributed by atoms with Crippen LogP contribution in [0.1, 0.15) is 19.3 Å². The second-order valence-electron chi connectivity index (χ2n) is 5.48. The van der Waals surface area contributed by atoms with Gasteiger partial charge in [0.1, 0.15) is 5.82 Å². The Labute approximate surface area is 139 Å². The van der Waals surface area contributed by atoms with Crippen LogP contribution in [-0.4, -0.2) is 37.5 Å². The van der Waals surface area contributed by atoms with Crippen molar-refractivity contribution in [1.29, 1.82) is 0 Å². The van der Waals surface area contributed by atoms with E-state index in [0.717, 1.165) is 61.3 Å². The summed E-state index contributed by atoms with van der Waals surface area (Å²) in [7, 11) is 0. The van der Waals surface area contributed by atoms with Gasteiger partial charge in [-0.05, 0) is 31.4 Å². The van der Waals surface area contributed by atoms with E-state index in [2.05, 4.69) is 32.3 Å². The molecular formula is C17H21BrN2O2. The molecule has 1 aliphatic heterocycles. The molecular weight excluding hydrogens is 344 g/mol. The first-order valence-electron chi connectivity index (χ1n) is 7.81. The number of ether oxygens (including phenoxy) is 2. The van der Waals surface area contributed by atoms with Crippen LogP contribution in [0, 0.1) is 0 Å². The Kier molecular flexibility index (Phi) is 5.64. The highest BCUT2D eigenvalue weighted by atomic mass is 79.9. The summed E-state index contributed by atoms with van der Waals surface area (Å²) in [6.07, 6.45) is 5.40. The molecule has 1 atom stereocenters. The van der Waals surface area contributed by atoms with Gasteiger partial charge in [0.05, 0.1) is 12.7 Å². The number of nitrogens with one attached hydrogen (secondary N) is 1. The van der Waals surface area contributed by atoms with E-state index >= 15 is 0 Å². The number of halogens is 1. The standard InChI is InChI=1S/C17H21BrN2O2/c18-16-6-1-5-15-14(16)7-9-20-17(15)19-8-3-10-21-12-13-4-2-11-22-13/h1,5-7,9,13H,2-4,8,10-12H2,(H,19,20). The van der Waals surface area contributed by atoms with Gasteiger partial charge in [-0.15, -0.1) is 0 Å². The van der Waals surface area contributed by atoms with E-state index in [1.807, 2.05) is 24.4 Å². The van der Waals surface area contributed by atoms with Crippen molar-refractivity contribution >= 4 is 32.5 Å². The van der Waals surface area contributed by atoms with E-state index in [4.69, 9.17) is 9.47 Å². The first-order valence-corrected chi connectivity index (χ1v) is 8.60. The number of benzene rings is 1. The molecule has 1 saturated heterocycles. The molecule has 22 heavy (non-hydrogen) atoms. The molecule has 0 bridgehead atoms. The van der Waals surface area contributed by atoms with Crippen LogP contribution in [0.15, 0.2) is 34.9 Å². The molecule has 0 spiro atoms. The molecule has 1 aromatic heterocycles. The Balaban J connectivity index is 1.44. The fraction of sp³-hybridized carbons (Fsp3) is 0.471. The van der Waals surface area contributed by atoms with Crippen LogP contribution >= 0.6 is 15.9 Å². The lowest BCUT2D eigenvalue weighted by Gasteiger charge is -2.11. The van der Waals surface area contributed by atoms with Crippen LogP contribution in [0.3, 0.4) is 0 Å². The summed E-state index contributed by atoms with van der Waals surface area (Å²) < 4.78 is 12.3. The van der Waals surface area contributed by atoms with Crippen LogP contribution in [0.25, 0.3) is 10.8 Å². The van der Waals surface area contributed by atoms with Crippen molar-refractivity contribution in [3.05, 3.63) is 34.9 Å². The molecule has 3 rings (SSSR count). The lowest BCUT2D eigenvalue weighted by molar-refractivity contribution is 0.0172. The van der Waals surface area contributed by atoms with Crippen molar-refractivity contribution < 1.29 is 9.47 Å². The molecule has 0 amide bonds. The molecule has 118 valence electrons. The Morgan fingerprint density at radius 3 is 3.14 bits per heavy atom. The second-order valence-corrected chi connectivity index (χ2v) is 6.34. The maximum atomic E-state index is 5.67. The SMILES string of the molecule is Brc1cccc2c(NCCCOCC3CCCO3)nccc12. The number of aromatic nitrogens is 1. The predicted octanol–water partition coefficient (Wildman–Crippen LogP) is 3.99. The van der Waals surface area contributed by atoms with Crippen LogP contribution in [0.2, 0.25) is 0 Å². The first kappa shape index (κ1) is 15.7. The van der Waals surface area contributed by atoms with Crippen molar-refractivity contribution in [2.75, 3.05) is 31.7 Å². The zero-order chi connectivity index (χ0) is 15.2. The third kappa shape index (κ3) is 3.97. The van der Waals surface area contributed by atoms with Gasteiger partial charge in [-0.1, -0.05) is 28.1 Å². The van der Waals surface area contributed by atoms with E-state index in [-0.39, 0.29) is 0 Å². The van der Waals surface area contributed by atoms with E-state index < -0.39 is 0 Å². The summed E-state index contributed by atoms with van der Waals surface area (Å²) >= 11 is 3.58. The molecule has 1 aliphatic rings. The van der Waals surface area contributed by atoms with E-state index in [1.54, 1.807) is 0 Å². The summed E-state index contributed by atoms with van der Waals surface area (Å²) in [5.41, 5.74) is 0. The maximum absolute atomic E-state index is 5.67. The maximum Gasteiger partial charge on any atom is 0.133 e. The van der Waals surface area contributed by atoms with Gasteiger partial charge < -0.3 is 14.8 Å². The Morgan fingerprint density at radius 2 is 2.27 bits per heavy atom. The third-order valence-electron chi connectivity index (χ3n) is 3.84. The molecule has 1 unspecified atom stereocenters. The van der Waals surface area contributed by atoms with Gasteiger partial charge >= 0.3 is 0 Å². The van der Waals surface area contributed by atoms with Gasteiger partial charge in [-0.2, -0.15) is 0 Å². The smallest absolute Gasteiger partial charge is 0.133 e. The molecule has 0 saturated carbocycles. The summed E-state index contributed by atoms with van der Waals surface area (Å²) in [6, 6.07) is 8.19. The number of pyridine rings is 1. The minimum Gasteiger partial charge on any atom is -0.379 e. The van der Waals surface area contributed by atoms with Crippen molar-refractivity contribution in [2.24, 2.45) is 0 Å². The van der Waals surface area contributed by atoms with Crippen molar-refractivity contribution in [3.63, 3.8) is 0 Å². The number of nitrogens with zero attached hydrogens (tertiary/aromatic N) is 1. The Bertz CT molecular complexity index is 615. The molecule has 2 aromatic rings. The molecule has 1 aromatic carbocycles. The van der Waals surface area contributed by atoms with Crippen LogP contribution < -0.4 is 5.32 Å². The van der Waals surface area contributed by atoms with Gasteiger partial charge in [-0.25, -0.2) is 4.98 Å². The lowest BCUT2D eigenvalue weighted by atomic mass is 10.1. The summed E-state index contributed by atoms with van der Waals surface area (Å²) in [5, 5.41) is 5.71. The molecule has 0 aliphatic carbocycles. The Morgan fingerprint density at radius 1 is 1.32 bits per heavy atom. The average Bonchev–Trinajstić information content (AvgIpc) is 3.05. The summed E-state index contributed by atoms with van der Waals surface area (Å²) in [4.78, 5) is 4.44. The number of hydrogen-bond acceptors (Lipinski definition) is 4. The highest BCUT2D eigenvalue weighted by Crippen LogP contribution is 2.27. The second kappa shape index (κ2) is 7.90. The minimum absolute atomic E-state index is 0.310. The van der Waals surface area contributed by atoms with Gasteiger partial charge in [-0.3, -0.25) is 0 Å². The van der Waals surface area contributed by atoms with Gasteiger partial charge in [0.15, 0.2) is 0 Å². The third-order valence-corrected chi connectivity index (χ3v) is 4.53. The van der Waals surface area contributed by atoms with Gasteiger partial charge in [0.25, 0.3) is 0 Å². The topological polar surface area (TPSA) is 43.4 Å². The molecule has 1 fully saturated rings. The highest BCUT2D eigenvalue weighted by Gasteiger charge is 2.14. The fourth-order valence-electron chi connectivity index (χ4n) is 2.68. The molecule has 0 radical (unpaired) electrons. The Hall–Kier alpha value is -1.17. The monoisotopic (exact) mass is 364 g/mol. The van der Waals surface area contributed by atoms with Crippen molar-refractivity contribution in [1.82, 2.24) is 4.98 Å². The largest absolute Gasteiger partial charge is 0.379 e. The number of rotatable bonds is 7. The van der Waals surface area contributed by atoms with Gasteiger partial charge in [0, 0.05) is 41.2 Å². The molecule has 2 heterocycles. The zero-order valence-electron chi connectivity index (χ0n) is 12.6. The summed E-state index contributed by atoms with van der Waals surface area (Å²) in [6.45, 7) is 3.21. The van der Waals surface area contributed by atoms with Crippen LogP contribution in [0.4, 0.5) is 5.82 Å².